The first-order valence-electron chi connectivity index (χ1n) is 6.96. The van der Waals surface area contributed by atoms with Gasteiger partial charge in [0, 0.05) is 12.4 Å². The maximum Gasteiger partial charge on any atom is 0.276 e. The molecule has 0 unspecified atom stereocenters. The van der Waals surface area contributed by atoms with E-state index in [4.69, 9.17) is 5.21 Å². The summed E-state index contributed by atoms with van der Waals surface area (Å²) in [6.45, 7) is 0. The maximum atomic E-state index is 14.1. The van der Waals surface area contributed by atoms with Gasteiger partial charge in [-0.15, -0.1) is 0 Å². The number of pyridine rings is 2. The van der Waals surface area contributed by atoms with Crippen molar-refractivity contribution in [2.75, 3.05) is 5.32 Å². The molecule has 1 saturated carbocycles. The molecule has 1 fully saturated rings. The third-order valence-corrected chi connectivity index (χ3v) is 3.60. The van der Waals surface area contributed by atoms with Gasteiger partial charge in [-0.05, 0) is 37.0 Å². The predicted molar refractivity (Wildman–Crippen MR) is 76.8 cm³/mol. The van der Waals surface area contributed by atoms with Crippen LogP contribution in [0, 0.1) is 11.7 Å². The van der Waals surface area contributed by atoms with Crippen LogP contribution in [0.2, 0.25) is 0 Å². The molecule has 0 radical (unpaired) electrons. The lowest BCUT2D eigenvalue weighted by Gasteiger charge is -2.18. The molecule has 0 aromatic carbocycles. The number of aromatic nitrogens is 2. The zero-order valence-electron chi connectivity index (χ0n) is 11.7. The fourth-order valence-electron chi connectivity index (χ4n) is 2.30. The van der Waals surface area contributed by atoms with E-state index in [9.17, 15) is 9.18 Å². The number of hydrogen-bond donors (Lipinski definition) is 3. The second-order valence-electron chi connectivity index (χ2n) is 5.21. The van der Waals surface area contributed by atoms with Gasteiger partial charge < -0.3 is 5.32 Å². The monoisotopic (exact) mass is 302 g/mol. The van der Waals surface area contributed by atoms with Gasteiger partial charge in [0.1, 0.15) is 0 Å². The van der Waals surface area contributed by atoms with Gasteiger partial charge in [0.15, 0.2) is 11.6 Å². The minimum absolute atomic E-state index is 0.0497. The third-order valence-electron chi connectivity index (χ3n) is 3.60. The molecule has 1 aliphatic carbocycles. The average molecular weight is 302 g/mol. The molecule has 1 amide bonds. The van der Waals surface area contributed by atoms with Crippen LogP contribution in [0.4, 0.5) is 10.2 Å². The molecule has 22 heavy (non-hydrogen) atoms. The summed E-state index contributed by atoms with van der Waals surface area (Å²) >= 11 is 0. The van der Waals surface area contributed by atoms with E-state index in [1.54, 1.807) is 6.20 Å². The molecule has 3 rings (SSSR count). The number of nitrogens with zero attached hydrogens (tertiary/aromatic N) is 2. The Hall–Kier alpha value is -2.54. The van der Waals surface area contributed by atoms with Crippen LogP contribution in [0.25, 0.3) is 0 Å². The van der Waals surface area contributed by atoms with Gasteiger partial charge in [-0.1, -0.05) is 6.07 Å². The number of carbonyl (C=O) groups excluding carboxylic acids is 1. The summed E-state index contributed by atoms with van der Waals surface area (Å²) in [5.74, 6) is -0.988. The number of amides is 1. The molecular weight excluding hydrogens is 287 g/mol. The maximum absolute atomic E-state index is 14.1. The summed E-state index contributed by atoms with van der Waals surface area (Å²) in [5, 5.41) is 11.6. The van der Waals surface area contributed by atoms with E-state index in [0.717, 1.165) is 24.6 Å². The Balaban J connectivity index is 1.83. The van der Waals surface area contributed by atoms with Crippen molar-refractivity contribution in [1.82, 2.24) is 15.4 Å². The molecular formula is C15H15FN4O2. The Morgan fingerprint density at radius 1 is 1.36 bits per heavy atom. The number of anilines is 1. The van der Waals surface area contributed by atoms with Crippen molar-refractivity contribution in [3.63, 3.8) is 0 Å². The topological polar surface area (TPSA) is 87.1 Å². The number of hydrogen-bond acceptors (Lipinski definition) is 5. The van der Waals surface area contributed by atoms with Gasteiger partial charge in [-0.3, -0.25) is 15.0 Å². The molecule has 2 heterocycles. The van der Waals surface area contributed by atoms with Crippen molar-refractivity contribution in [2.45, 2.75) is 18.9 Å². The molecule has 114 valence electrons. The van der Waals surface area contributed by atoms with E-state index in [2.05, 4.69) is 15.3 Å². The molecule has 0 aliphatic heterocycles. The van der Waals surface area contributed by atoms with Crippen LogP contribution >= 0.6 is 0 Å². The summed E-state index contributed by atoms with van der Waals surface area (Å²) in [6.07, 6.45) is 5.02. The second-order valence-corrected chi connectivity index (χ2v) is 5.21. The molecule has 7 heteroatoms. The lowest BCUT2D eigenvalue weighted by Crippen LogP contribution is -2.20. The normalized spacial score (nSPS) is 15.2. The molecule has 0 spiro atoms. The van der Waals surface area contributed by atoms with Crippen molar-refractivity contribution in [2.24, 2.45) is 5.92 Å². The van der Waals surface area contributed by atoms with Crippen LogP contribution in [0.1, 0.15) is 34.9 Å². The Morgan fingerprint density at radius 2 is 2.18 bits per heavy atom. The number of halogens is 1. The van der Waals surface area contributed by atoms with Crippen LogP contribution in [0.5, 0.6) is 0 Å². The minimum atomic E-state index is -0.804. The van der Waals surface area contributed by atoms with E-state index in [0.29, 0.717) is 5.92 Å². The lowest BCUT2D eigenvalue weighted by molar-refractivity contribution is 0.0705. The fraction of sp³-hybridized carbons (Fsp3) is 0.267. The van der Waals surface area contributed by atoms with Crippen molar-refractivity contribution in [1.29, 1.82) is 0 Å². The molecule has 0 bridgehead atoms. The van der Waals surface area contributed by atoms with Crippen molar-refractivity contribution < 1.29 is 14.4 Å². The Bertz CT molecular complexity index is 676. The Morgan fingerprint density at radius 3 is 2.77 bits per heavy atom. The van der Waals surface area contributed by atoms with E-state index in [-0.39, 0.29) is 17.4 Å². The smallest absolute Gasteiger partial charge is 0.276 e. The first-order chi connectivity index (χ1) is 10.7. The van der Waals surface area contributed by atoms with Crippen LogP contribution in [0.3, 0.4) is 0 Å². The van der Waals surface area contributed by atoms with E-state index >= 15 is 0 Å². The van der Waals surface area contributed by atoms with Gasteiger partial charge in [0.2, 0.25) is 0 Å². The zero-order valence-corrected chi connectivity index (χ0v) is 11.7. The van der Waals surface area contributed by atoms with Gasteiger partial charge in [0.25, 0.3) is 5.91 Å². The van der Waals surface area contributed by atoms with E-state index < -0.39 is 11.7 Å². The van der Waals surface area contributed by atoms with Crippen molar-refractivity contribution >= 4 is 11.7 Å². The summed E-state index contributed by atoms with van der Waals surface area (Å²) < 4.78 is 14.1. The van der Waals surface area contributed by atoms with Gasteiger partial charge in [-0.2, -0.15) is 0 Å². The van der Waals surface area contributed by atoms with Gasteiger partial charge >= 0.3 is 0 Å². The molecule has 1 atom stereocenters. The zero-order chi connectivity index (χ0) is 15.5. The average Bonchev–Trinajstić information content (AvgIpc) is 3.38. The van der Waals surface area contributed by atoms with Crippen LogP contribution in [-0.2, 0) is 0 Å². The van der Waals surface area contributed by atoms with Crippen LogP contribution < -0.4 is 10.8 Å². The quantitative estimate of drug-likeness (QED) is 0.583. The predicted octanol–water partition coefficient (Wildman–Crippen LogP) is 2.30. The summed E-state index contributed by atoms with van der Waals surface area (Å²) in [7, 11) is 0. The molecule has 2 aromatic heterocycles. The van der Waals surface area contributed by atoms with E-state index in [1.807, 2.05) is 18.2 Å². The standard InChI is InChI=1S/C15H15FN4O2/c16-11-7-10(15(21)20-22)8-18-14(11)19-13(9-4-5-9)12-3-1-2-6-17-12/h1-3,6-9,13,22H,4-5H2,(H,18,19)(H,20,21)/t13-/m0/s1. The molecule has 6 nitrogen and oxygen atoms in total. The molecule has 2 aromatic rings. The number of hydroxylamine groups is 1. The highest BCUT2D eigenvalue weighted by Gasteiger charge is 2.33. The van der Waals surface area contributed by atoms with Gasteiger partial charge in [0.05, 0.1) is 17.3 Å². The largest absolute Gasteiger partial charge is 0.359 e. The fourth-order valence-corrected chi connectivity index (χ4v) is 2.30. The highest BCUT2D eigenvalue weighted by atomic mass is 19.1. The highest BCUT2D eigenvalue weighted by Crippen LogP contribution is 2.42. The number of nitrogens with one attached hydrogen (secondary N) is 2. The first-order valence-corrected chi connectivity index (χ1v) is 6.96. The summed E-state index contributed by atoms with van der Waals surface area (Å²) in [6, 6.07) is 6.53. The van der Waals surface area contributed by atoms with Crippen molar-refractivity contribution in [3.8, 4) is 0 Å². The minimum Gasteiger partial charge on any atom is -0.359 e. The molecule has 3 N–H and O–H groups in total. The van der Waals surface area contributed by atoms with Crippen molar-refractivity contribution in [3.05, 3.63) is 53.7 Å². The molecule has 0 saturated heterocycles. The molecule has 1 aliphatic rings. The number of rotatable bonds is 5. The SMILES string of the molecule is O=C(NO)c1cnc(N[C@H](c2ccccn2)C2CC2)c(F)c1. The Kier molecular flexibility index (Phi) is 3.97. The Labute approximate surface area is 126 Å². The van der Waals surface area contributed by atoms with Crippen LogP contribution in [0.15, 0.2) is 36.7 Å². The summed E-state index contributed by atoms with van der Waals surface area (Å²) in [5.41, 5.74) is 2.23. The lowest BCUT2D eigenvalue weighted by atomic mass is 10.1. The number of carbonyl (C=O) groups is 1. The summed E-state index contributed by atoms with van der Waals surface area (Å²) in [4.78, 5) is 19.5. The van der Waals surface area contributed by atoms with E-state index in [1.165, 1.54) is 11.7 Å². The third kappa shape index (κ3) is 3.04. The van der Waals surface area contributed by atoms with Gasteiger partial charge in [-0.25, -0.2) is 14.9 Å². The highest BCUT2D eigenvalue weighted by molar-refractivity contribution is 5.93. The van der Waals surface area contributed by atoms with Crippen LogP contribution in [-0.4, -0.2) is 21.1 Å². The first kappa shape index (κ1) is 14.4. The second kappa shape index (κ2) is 6.07.